The van der Waals surface area contributed by atoms with Gasteiger partial charge in [0.15, 0.2) is 0 Å². The molecule has 0 unspecified atom stereocenters. The van der Waals surface area contributed by atoms with Crippen molar-refractivity contribution in [1.29, 1.82) is 0 Å². The summed E-state index contributed by atoms with van der Waals surface area (Å²) in [7, 11) is 2.02. The van der Waals surface area contributed by atoms with Crippen LogP contribution in [-0.4, -0.2) is 25.1 Å². The summed E-state index contributed by atoms with van der Waals surface area (Å²) in [6.07, 6.45) is 0. The fraction of sp³-hybridized carbons (Fsp3) is 0.286. The average molecular weight is 337 g/mol. The fourth-order valence-electron chi connectivity index (χ4n) is 2.86. The van der Waals surface area contributed by atoms with Gasteiger partial charge in [0, 0.05) is 24.5 Å². The molecule has 0 N–H and O–H groups in total. The van der Waals surface area contributed by atoms with Crippen LogP contribution in [0.4, 0.5) is 0 Å². The molecule has 2 aromatic carbocycles. The van der Waals surface area contributed by atoms with Gasteiger partial charge in [0.2, 0.25) is 0 Å². The minimum Gasteiger partial charge on any atom is -0.492 e. The third kappa shape index (κ3) is 4.09. The Kier molecular flexibility index (Phi) is 5.19. The summed E-state index contributed by atoms with van der Waals surface area (Å²) in [6, 6.07) is 15.5. The second-order valence-electron chi connectivity index (χ2n) is 6.37. The second-order valence-corrected chi connectivity index (χ2v) is 6.37. The number of likely N-dealkylation sites (N-methyl/N-ethyl adjacent to an activating group) is 1. The van der Waals surface area contributed by atoms with Crippen molar-refractivity contribution in [1.82, 2.24) is 4.90 Å². The first kappa shape index (κ1) is 17.2. The van der Waals surface area contributed by atoms with E-state index in [1.807, 2.05) is 57.3 Å². The van der Waals surface area contributed by atoms with E-state index in [1.54, 1.807) is 6.07 Å². The molecule has 25 heavy (non-hydrogen) atoms. The van der Waals surface area contributed by atoms with Crippen LogP contribution in [0.2, 0.25) is 0 Å². The lowest BCUT2D eigenvalue weighted by molar-refractivity contribution is 0.233. The summed E-state index contributed by atoms with van der Waals surface area (Å²) in [6.45, 7) is 6.04. The number of para-hydroxylation sites is 1. The third-order valence-corrected chi connectivity index (χ3v) is 4.44. The smallest absolute Gasteiger partial charge is 0.336 e. The topological polar surface area (TPSA) is 42.7 Å². The number of fused-ring (bicyclic) bond motifs is 1. The number of aryl methyl sites for hydroxylation is 2. The Labute approximate surface area is 147 Å². The van der Waals surface area contributed by atoms with Gasteiger partial charge in [-0.05, 0) is 49.7 Å². The Morgan fingerprint density at radius 3 is 2.60 bits per heavy atom. The minimum atomic E-state index is -0.301. The van der Waals surface area contributed by atoms with E-state index in [1.165, 1.54) is 0 Å². The predicted octanol–water partition coefficient (Wildman–Crippen LogP) is 3.92. The minimum absolute atomic E-state index is 0.301. The van der Waals surface area contributed by atoms with Crippen molar-refractivity contribution in [2.45, 2.75) is 20.4 Å². The first-order chi connectivity index (χ1) is 12.0. The molecule has 0 saturated heterocycles. The van der Waals surface area contributed by atoms with E-state index in [9.17, 15) is 4.79 Å². The largest absolute Gasteiger partial charge is 0.492 e. The molecule has 3 aromatic rings. The lowest BCUT2D eigenvalue weighted by atomic mass is 10.0. The summed E-state index contributed by atoms with van der Waals surface area (Å²) < 4.78 is 11.2. The van der Waals surface area contributed by atoms with Crippen LogP contribution < -0.4 is 10.4 Å². The maximum atomic E-state index is 11.9. The SMILES string of the molecule is Cc1ccc2c(CN(C)CCOc3ccccc3)cc(=O)oc2c1C. The van der Waals surface area contributed by atoms with Crippen molar-refractivity contribution >= 4 is 11.0 Å². The van der Waals surface area contributed by atoms with Crippen LogP contribution in [0.25, 0.3) is 11.0 Å². The van der Waals surface area contributed by atoms with E-state index in [-0.39, 0.29) is 5.63 Å². The molecular formula is C21H23NO3. The van der Waals surface area contributed by atoms with Crippen molar-refractivity contribution < 1.29 is 9.15 Å². The maximum Gasteiger partial charge on any atom is 0.336 e. The first-order valence-corrected chi connectivity index (χ1v) is 8.44. The van der Waals surface area contributed by atoms with E-state index in [2.05, 4.69) is 11.0 Å². The van der Waals surface area contributed by atoms with Gasteiger partial charge in [-0.25, -0.2) is 4.79 Å². The van der Waals surface area contributed by atoms with Crippen LogP contribution in [-0.2, 0) is 6.54 Å². The van der Waals surface area contributed by atoms with Gasteiger partial charge >= 0.3 is 5.63 Å². The molecular weight excluding hydrogens is 314 g/mol. The van der Waals surface area contributed by atoms with Gasteiger partial charge in [0.25, 0.3) is 0 Å². The second kappa shape index (κ2) is 7.53. The molecule has 0 bridgehead atoms. The van der Waals surface area contributed by atoms with Gasteiger partial charge in [-0.3, -0.25) is 4.90 Å². The highest BCUT2D eigenvalue weighted by molar-refractivity contribution is 5.83. The summed E-state index contributed by atoms with van der Waals surface area (Å²) in [5, 5.41) is 0.999. The molecule has 4 nitrogen and oxygen atoms in total. The Hall–Kier alpha value is -2.59. The Bertz CT molecular complexity index is 916. The van der Waals surface area contributed by atoms with Gasteiger partial charge in [0.1, 0.15) is 17.9 Å². The highest BCUT2D eigenvalue weighted by atomic mass is 16.5. The van der Waals surface area contributed by atoms with Crippen LogP contribution >= 0.6 is 0 Å². The Morgan fingerprint density at radius 1 is 1.08 bits per heavy atom. The molecule has 1 heterocycles. The highest BCUT2D eigenvalue weighted by Gasteiger charge is 2.11. The molecule has 0 aliphatic rings. The normalized spacial score (nSPS) is 11.2. The van der Waals surface area contributed by atoms with Crippen molar-refractivity contribution in [3.63, 3.8) is 0 Å². The van der Waals surface area contributed by atoms with Crippen molar-refractivity contribution in [2.24, 2.45) is 0 Å². The number of nitrogens with zero attached hydrogens (tertiary/aromatic N) is 1. The molecule has 0 spiro atoms. The van der Waals surface area contributed by atoms with Gasteiger partial charge in [0.05, 0.1) is 0 Å². The van der Waals surface area contributed by atoms with E-state index >= 15 is 0 Å². The number of hydrogen-bond acceptors (Lipinski definition) is 4. The number of ether oxygens (including phenoxy) is 1. The molecule has 0 aliphatic carbocycles. The summed E-state index contributed by atoms with van der Waals surface area (Å²) in [5.74, 6) is 0.868. The zero-order chi connectivity index (χ0) is 17.8. The van der Waals surface area contributed by atoms with E-state index in [0.717, 1.165) is 34.4 Å². The molecule has 0 amide bonds. The first-order valence-electron chi connectivity index (χ1n) is 8.44. The zero-order valence-electron chi connectivity index (χ0n) is 14.9. The summed E-state index contributed by atoms with van der Waals surface area (Å²) >= 11 is 0. The molecule has 3 rings (SSSR count). The lowest BCUT2D eigenvalue weighted by Gasteiger charge is -2.18. The van der Waals surface area contributed by atoms with Gasteiger partial charge in [-0.15, -0.1) is 0 Å². The number of rotatable bonds is 6. The fourth-order valence-corrected chi connectivity index (χ4v) is 2.86. The van der Waals surface area contributed by atoms with Crippen LogP contribution in [0.1, 0.15) is 16.7 Å². The summed E-state index contributed by atoms with van der Waals surface area (Å²) in [4.78, 5) is 14.1. The quantitative estimate of drug-likeness (QED) is 0.639. The van der Waals surface area contributed by atoms with Crippen LogP contribution in [0.15, 0.2) is 57.7 Å². The van der Waals surface area contributed by atoms with Gasteiger partial charge < -0.3 is 9.15 Å². The Morgan fingerprint density at radius 2 is 1.84 bits per heavy atom. The monoisotopic (exact) mass is 337 g/mol. The van der Waals surface area contributed by atoms with Gasteiger partial charge in [-0.1, -0.05) is 30.3 Å². The highest BCUT2D eigenvalue weighted by Crippen LogP contribution is 2.23. The molecule has 130 valence electrons. The van der Waals surface area contributed by atoms with Crippen molar-refractivity contribution in [3.8, 4) is 5.75 Å². The molecule has 0 fully saturated rings. The van der Waals surface area contributed by atoms with Crippen LogP contribution in [0.5, 0.6) is 5.75 Å². The van der Waals surface area contributed by atoms with E-state index in [4.69, 9.17) is 9.15 Å². The summed E-state index contributed by atoms with van der Waals surface area (Å²) in [5.41, 5.74) is 3.52. The molecule has 0 saturated carbocycles. The zero-order valence-corrected chi connectivity index (χ0v) is 14.9. The number of hydrogen-bond donors (Lipinski definition) is 0. The average Bonchev–Trinajstić information content (AvgIpc) is 2.59. The maximum absolute atomic E-state index is 11.9. The Balaban J connectivity index is 1.72. The van der Waals surface area contributed by atoms with E-state index in [0.29, 0.717) is 18.7 Å². The molecule has 0 aliphatic heterocycles. The standard InChI is InChI=1S/C21H23NO3/c1-15-9-10-19-17(13-20(23)25-21(19)16(15)2)14-22(3)11-12-24-18-7-5-4-6-8-18/h4-10,13H,11-12,14H2,1-3H3. The van der Waals surface area contributed by atoms with Crippen LogP contribution in [0.3, 0.4) is 0 Å². The van der Waals surface area contributed by atoms with E-state index < -0.39 is 0 Å². The molecule has 0 atom stereocenters. The van der Waals surface area contributed by atoms with Crippen molar-refractivity contribution in [2.75, 3.05) is 20.2 Å². The third-order valence-electron chi connectivity index (χ3n) is 4.44. The molecule has 1 aromatic heterocycles. The molecule has 4 heteroatoms. The van der Waals surface area contributed by atoms with Gasteiger partial charge in [-0.2, -0.15) is 0 Å². The lowest BCUT2D eigenvalue weighted by Crippen LogP contribution is -2.24. The predicted molar refractivity (Wildman–Crippen MR) is 100 cm³/mol. The van der Waals surface area contributed by atoms with Crippen molar-refractivity contribution in [3.05, 3.63) is 75.6 Å². The van der Waals surface area contributed by atoms with Crippen LogP contribution in [0, 0.1) is 13.8 Å². The number of benzene rings is 2. The molecule has 0 radical (unpaired) electrons.